The summed E-state index contributed by atoms with van der Waals surface area (Å²) in [6, 6.07) is 6.95. The van der Waals surface area contributed by atoms with Crippen LogP contribution in [0.4, 0.5) is 10.5 Å². The molecule has 25 heavy (non-hydrogen) atoms. The van der Waals surface area contributed by atoms with Gasteiger partial charge in [-0.1, -0.05) is 31.5 Å². The van der Waals surface area contributed by atoms with Crippen molar-refractivity contribution in [2.75, 3.05) is 11.9 Å². The minimum atomic E-state index is -0.800. The van der Waals surface area contributed by atoms with E-state index >= 15 is 0 Å². The minimum absolute atomic E-state index is 0.252. The number of amides is 4. The first kappa shape index (κ1) is 17.5. The van der Waals surface area contributed by atoms with E-state index in [1.807, 2.05) is 25.1 Å². The maximum Gasteiger partial charge on any atom is 0.325 e. The molecule has 1 heterocycles. The third-order valence-corrected chi connectivity index (χ3v) is 5.50. The zero-order valence-corrected chi connectivity index (χ0v) is 14.8. The number of hydrogen-bond donors (Lipinski definition) is 2. The summed E-state index contributed by atoms with van der Waals surface area (Å²) in [5.41, 5.74) is 0.825. The number of benzene rings is 1. The molecule has 1 saturated heterocycles. The van der Waals surface area contributed by atoms with Crippen LogP contribution in [-0.4, -0.2) is 34.8 Å². The topological polar surface area (TPSA) is 78.5 Å². The van der Waals surface area contributed by atoms with Crippen LogP contribution < -0.4 is 10.6 Å². The zero-order valence-electron chi connectivity index (χ0n) is 14.8. The van der Waals surface area contributed by atoms with Crippen molar-refractivity contribution >= 4 is 23.5 Å². The summed E-state index contributed by atoms with van der Waals surface area (Å²) in [6.45, 7) is 3.79. The van der Waals surface area contributed by atoms with Gasteiger partial charge in [0.2, 0.25) is 5.91 Å². The van der Waals surface area contributed by atoms with Crippen molar-refractivity contribution in [3.63, 3.8) is 0 Å². The van der Waals surface area contributed by atoms with Gasteiger partial charge >= 0.3 is 6.03 Å². The maximum atomic E-state index is 12.8. The lowest BCUT2D eigenvalue weighted by atomic mass is 9.75. The number of rotatable bonds is 4. The van der Waals surface area contributed by atoms with Crippen LogP contribution in [0.3, 0.4) is 0 Å². The molecule has 1 aromatic rings. The predicted molar refractivity (Wildman–Crippen MR) is 95.0 cm³/mol. The van der Waals surface area contributed by atoms with Crippen LogP contribution in [0.1, 0.15) is 44.6 Å². The number of aryl methyl sites for hydroxylation is 1. The van der Waals surface area contributed by atoms with E-state index in [0.717, 1.165) is 29.7 Å². The Kier molecular flexibility index (Phi) is 4.79. The molecule has 2 N–H and O–H groups in total. The first-order valence-corrected chi connectivity index (χ1v) is 8.95. The molecule has 6 heteroatoms. The standard InChI is InChI=1S/C19H25N3O3/c1-3-14-8-10-19(11-9-14)17(24)22(18(25)21-19)12-16(23)20-15-7-5-4-6-13(15)2/h4-7,14H,3,8-12H2,1-2H3,(H,20,23)(H,21,25). The molecule has 4 amide bonds. The fourth-order valence-corrected chi connectivity index (χ4v) is 3.78. The number of nitrogens with zero attached hydrogens (tertiary/aromatic N) is 1. The third-order valence-electron chi connectivity index (χ3n) is 5.50. The summed E-state index contributed by atoms with van der Waals surface area (Å²) in [5.74, 6) is -0.00203. The van der Waals surface area contributed by atoms with E-state index in [-0.39, 0.29) is 18.4 Å². The van der Waals surface area contributed by atoms with Crippen LogP contribution >= 0.6 is 0 Å². The molecule has 0 unspecified atom stereocenters. The van der Waals surface area contributed by atoms with Crippen molar-refractivity contribution in [3.05, 3.63) is 29.8 Å². The summed E-state index contributed by atoms with van der Waals surface area (Å²) in [5, 5.41) is 5.62. The van der Waals surface area contributed by atoms with Gasteiger partial charge in [0.1, 0.15) is 12.1 Å². The van der Waals surface area contributed by atoms with E-state index in [1.54, 1.807) is 6.07 Å². The highest BCUT2D eigenvalue weighted by molar-refractivity contribution is 6.10. The van der Waals surface area contributed by atoms with Crippen LogP contribution in [0.2, 0.25) is 0 Å². The molecule has 2 fully saturated rings. The lowest BCUT2D eigenvalue weighted by molar-refractivity contribution is -0.135. The Morgan fingerprint density at radius 3 is 2.60 bits per heavy atom. The van der Waals surface area contributed by atoms with Crippen molar-refractivity contribution in [3.8, 4) is 0 Å². The first-order chi connectivity index (χ1) is 11.9. The van der Waals surface area contributed by atoms with Gasteiger partial charge in [0.25, 0.3) is 5.91 Å². The van der Waals surface area contributed by atoms with Crippen LogP contribution in [-0.2, 0) is 9.59 Å². The Labute approximate surface area is 148 Å². The van der Waals surface area contributed by atoms with Gasteiger partial charge in [-0.3, -0.25) is 14.5 Å². The van der Waals surface area contributed by atoms with Crippen molar-refractivity contribution in [1.82, 2.24) is 10.2 Å². The molecule has 134 valence electrons. The molecule has 2 aliphatic rings. The number of para-hydroxylation sites is 1. The number of imide groups is 1. The van der Waals surface area contributed by atoms with Crippen LogP contribution in [0, 0.1) is 12.8 Å². The summed E-state index contributed by atoms with van der Waals surface area (Å²) < 4.78 is 0. The minimum Gasteiger partial charge on any atom is -0.324 e. The van der Waals surface area contributed by atoms with Gasteiger partial charge in [-0.2, -0.15) is 0 Å². The molecule has 0 bridgehead atoms. The molecule has 0 aromatic heterocycles. The van der Waals surface area contributed by atoms with Crippen molar-refractivity contribution in [1.29, 1.82) is 0 Å². The highest BCUT2D eigenvalue weighted by Gasteiger charge is 2.52. The second-order valence-corrected chi connectivity index (χ2v) is 7.12. The van der Waals surface area contributed by atoms with Gasteiger partial charge in [-0.15, -0.1) is 0 Å². The number of urea groups is 1. The Morgan fingerprint density at radius 2 is 1.96 bits per heavy atom. The molecule has 6 nitrogen and oxygen atoms in total. The largest absolute Gasteiger partial charge is 0.325 e. The Hall–Kier alpha value is -2.37. The molecule has 1 aliphatic carbocycles. The third kappa shape index (κ3) is 3.38. The predicted octanol–water partition coefficient (Wildman–Crippen LogP) is 2.82. The smallest absolute Gasteiger partial charge is 0.324 e. The Morgan fingerprint density at radius 1 is 1.28 bits per heavy atom. The fraction of sp³-hybridized carbons (Fsp3) is 0.526. The molecule has 0 radical (unpaired) electrons. The van der Waals surface area contributed by atoms with Gasteiger partial charge in [0, 0.05) is 5.69 Å². The Balaban J connectivity index is 1.65. The summed E-state index contributed by atoms with van der Waals surface area (Å²) in [6.07, 6.45) is 4.29. The summed E-state index contributed by atoms with van der Waals surface area (Å²) in [4.78, 5) is 38.4. The van der Waals surface area contributed by atoms with Gasteiger partial charge < -0.3 is 10.6 Å². The summed E-state index contributed by atoms with van der Waals surface area (Å²) >= 11 is 0. The SMILES string of the molecule is CCC1CCC2(CC1)NC(=O)N(CC(=O)Nc1ccccc1C)C2=O. The molecule has 3 rings (SSSR count). The van der Waals surface area contributed by atoms with Crippen LogP contribution in [0.5, 0.6) is 0 Å². The second-order valence-electron chi connectivity index (χ2n) is 7.12. The zero-order chi connectivity index (χ0) is 18.0. The van der Waals surface area contributed by atoms with E-state index in [9.17, 15) is 14.4 Å². The highest BCUT2D eigenvalue weighted by atomic mass is 16.2. The average molecular weight is 343 g/mol. The molecular formula is C19H25N3O3. The molecule has 1 spiro atoms. The van der Waals surface area contributed by atoms with Gasteiger partial charge in [-0.05, 0) is 50.2 Å². The van der Waals surface area contributed by atoms with Gasteiger partial charge in [0.15, 0.2) is 0 Å². The Bertz CT molecular complexity index is 693. The van der Waals surface area contributed by atoms with Crippen molar-refractivity contribution < 1.29 is 14.4 Å². The highest BCUT2D eigenvalue weighted by Crippen LogP contribution is 2.37. The molecule has 1 aromatic carbocycles. The normalized spacial score (nSPS) is 26.0. The van der Waals surface area contributed by atoms with Crippen molar-refractivity contribution in [2.24, 2.45) is 5.92 Å². The van der Waals surface area contributed by atoms with E-state index in [1.165, 1.54) is 0 Å². The lowest BCUT2D eigenvalue weighted by Crippen LogP contribution is -2.49. The molecular weight excluding hydrogens is 318 g/mol. The van der Waals surface area contributed by atoms with E-state index in [2.05, 4.69) is 17.6 Å². The number of carbonyl (C=O) groups excluding carboxylic acids is 3. The number of nitrogens with one attached hydrogen (secondary N) is 2. The summed E-state index contributed by atoms with van der Waals surface area (Å²) in [7, 11) is 0. The average Bonchev–Trinajstić information content (AvgIpc) is 2.82. The quantitative estimate of drug-likeness (QED) is 0.825. The van der Waals surface area contributed by atoms with Gasteiger partial charge in [0.05, 0.1) is 0 Å². The first-order valence-electron chi connectivity index (χ1n) is 8.95. The fourth-order valence-electron chi connectivity index (χ4n) is 3.78. The maximum absolute atomic E-state index is 12.8. The number of anilines is 1. The molecule has 1 aliphatic heterocycles. The monoisotopic (exact) mass is 343 g/mol. The molecule has 1 saturated carbocycles. The second kappa shape index (κ2) is 6.86. The van der Waals surface area contributed by atoms with Gasteiger partial charge in [-0.25, -0.2) is 4.79 Å². The van der Waals surface area contributed by atoms with E-state index in [0.29, 0.717) is 24.4 Å². The number of hydrogen-bond acceptors (Lipinski definition) is 3. The van der Waals surface area contributed by atoms with Crippen molar-refractivity contribution in [2.45, 2.75) is 51.5 Å². The molecule has 0 atom stereocenters. The number of carbonyl (C=O) groups is 3. The lowest BCUT2D eigenvalue weighted by Gasteiger charge is -2.34. The van der Waals surface area contributed by atoms with Crippen LogP contribution in [0.15, 0.2) is 24.3 Å². The van der Waals surface area contributed by atoms with Crippen LogP contribution in [0.25, 0.3) is 0 Å². The van der Waals surface area contributed by atoms with E-state index < -0.39 is 11.6 Å². The van der Waals surface area contributed by atoms with E-state index in [4.69, 9.17) is 0 Å².